The Hall–Kier alpha value is -0.460. The van der Waals surface area contributed by atoms with Crippen molar-refractivity contribution < 1.29 is 28.4 Å². The molecule has 0 saturated heterocycles. The minimum absolute atomic E-state index is 0.101. The Bertz CT molecular complexity index is 237. The molecule has 0 amide bonds. The molecule has 2 atom stereocenters. The molecule has 0 heterocycles. The molecule has 0 aromatic rings. The van der Waals surface area contributed by atoms with Crippen molar-refractivity contribution in [3.63, 3.8) is 0 Å². The van der Waals surface area contributed by atoms with Crippen molar-refractivity contribution in [2.75, 3.05) is 19.8 Å². The summed E-state index contributed by atoms with van der Waals surface area (Å²) in [6.07, 6.45) is 3.07. The zero-order chi connectivity index (χ0) is 15.1. The maximum absolute atomic E-state index is 10.5. The van der Waals surface area contributed by atoms with E-state index in [1.807, 2.05) is 0 Å². The second-order valence-electron chi connectivity index (χ2n) is 3.90. The first-order chi connectivity index (χ1) is 8.97. The molecule has 0 spiro atoms. The lowest BCUT2D eigenvalue weighted by Crippen LogP contribution is -2.21. The van der Waals surface area contributed by atoms with Gasteiger partial charge in [0.05, 0.1) is 19.8 Å². The van der Waals surface area contributed by atoms with Crippen LogP contribution in [0.1, 0.15) is 40.0 Å². The molecule has 7 nitrogen and oxygen atoms in total. The summed E-state index contributed by atoms with van der Waals surface area (Å²) in [5, 5.41) is 0. The number of esters is 1. The Labute approximate surface area is 115 Å². The summed E-state index contributed by atoms with van der Waals surface area (Å²) in [5.41, 5.74) is 0. The van der Waals surface area contributed by atoms with Gasteiger partial charge in [-0.15, -0.1) is 0 Å². The van der Waals surface area contributed by atoms with Gasteiger partial charge in [-0.1, -0.05) is 26.7 Å². The lowest BCUT2D eigenvalue weighted by molar-refractivity contribution is -0.143. The van der Waals surface area contributed by atoms with Gasteiger partial charge in [0.15, 0.2) is 0 Å². The maximum Gasteiger partial charge on any atom is 0.316 e. The highest BCUT2D eigenvalue weighted by Gasteiger charge is 2.11. The first-order valence-electron chi connectivity index (χ1n) is 6.28. The second-order valence-corrected chi connectivity index (χ2v) is 4.73. The number of carbonyl (C=O) groups excluding carboxylic acids is 1. The molecule has 8 heteroatoms. The molecule has 3 N–H and O–H groups in total. The largest absolute Gasteiger partial charge is 0.465 e. The van der Waals surface area contributed by atoms with Gasteiger partial charge in [0, 0.05) is 12.8 Å². The molecule has 0 bridgehead atoms. The Morgan fingerprint density at radius 2 is 1.89 bits per heavy atom. The molecular weight excluding hydrogens is 273 g/mol. The summed E-state index contributed by atoms with van der Waals surface area (Å²) in [4.78, 5) is 23.3. The van der Waals surface area contributed by atoms with Gasteiger partial charge in [-0.25, -0.2) is 5.90 Å². The Kier molecular flexibility index (Phi) is 17.1. The summed E-state index contributed by atoms with van der Waals surface area (Å²) in [6.45, 7) is 6.11. The third-order valence-corrected chi connectivity index (χ3v) is 2.56. The highest BCUT2D eigenvalue weighted by atomic mass is 31.1. The SMILES string of the molecule is CC(=O)OCC(CCO[PH](=O)O)CON.CCCC. The average molecular weight is 299 g/mol. The topological polar surface area (TPSA) is 108 Å². The predicted octanol–water partition coefficient (Wildman–Crippen LogP) is 1.65. The van der Waals surface area contributed by atoms with Gasteiger partial charge in [0.1, 0.15) is 0 Å². The molecule has 116 valence electrons. The van der Waals surface area contributed by atoms with Crippen molar-refractivity contribution in [3.8, 4) is 0 Å². The first-order valence-corrected chi connectivity index (χ1v) is 7.54. The molecule has 0 aromatic carbocycles. The van der Waals surface area contributed by atoms with Crippen LogP contribution in [0.4, 0.5) is 0 Å². The zero-order valence-electron chi connectivity index (χ0n) is 11.9. The van der Waals surface area contributed by atoms with E-state index in [1.165, 1.54) is 19.8 Å². The number of nitrogens with two attached hydrogens (primary N) is 1. The monoisotopic (exact) mass is 299 g/mol. The number of unbranched alkanes of at least 4 members (excludes halogenated alkanes) is 1. The summed E-state index contributed by atoms with van der Waals surface area (Å²) in [6, 6.07) is 0. The average Bonchev–Trinajstić information content (AvgIpc) is 2.35. The molecule has 0 saturated carbocycles. The van der Waals surface area contributed by atoms with Gasteiger partial charge in [0.2, 0.25) is 0 Å². The normalized spacial score (nSPS) is 13.1. The van der Waals surface area contributed by atoms with Crippen LogP contribution in [0.5, 0.6) is 0 Å². The Balaban J connectivity index is 0. The van der Waals surface area contributed by atoms with E-state index in [2.05, 4.69) is 23.2 Å². The molecule has 0 rings (SSSR count). The molecule has 0 aliphatic carbocycles. The predicted molar refractivity (Wildman–Crippen MR) is 72.6 cm³/mol. The van der Waals surface area contributed by atoms with E-state index in [4.69, 9.17) is 15.5 Å². The van der Waals surface area contributed by atoms with E-state index in [0.29, 0.717) is 6.42 Å². The van der Waals surface area contributed by atoms with Gasteiger partial charge in [-0.05, 0) is 6.42 Å². The van der Waals surface area contributed by atoms with E-state index in [0.717, 1.165) is 0 Å². The summed E-state index contributed by atoms with van der Waals surface area (Å²) in [5.74, 6) is 4.35. The fourth-order valence-corrected chi connectivity index (χ4v) is 1.19. The number of hydrogen-bond acceptors (Lipinski definition) is 6. The van der Waals surface area contributed by atoms with Gasteiger partial charge in [-0.3, -0.25) is 9.36 Å². The zero-order valence-corrected chi connectivity index (χ0v) is 12.9. The fourth-order valence-electron chi connectivity index (χ4n) is 0.899. The molecule has 0 radical (unpaired) electrons. The highest BCUT2D eigenvalue weighted by molar-refractivity contribution is 7.32. The van der Waals surface area contributed by atoms with Crippen LogP contribution in [0.15, 0.2) is 0 Å². The van der Waals surface area contributed by atoms with Crippen LogP contribution in [0, 0.1) is 5.92 Å². The van der Waals surface area contributed by atoms with Gasteiger partial charge in [0.25, 0.3) is 0 Å². The number of ether oxygens (including phenoxy) is 1. The maximum atomic E-state index is 10.5. The molecule has 19 heavy (non-hydrogen) atoms. The van der Waals surface area contributed by atoms with Crippen molar-refractivity contribution in [2.24, 2.45) is 11.8 Å². The molecule has 0 aliphatic rings. The van der Waals surface area contributed by atoms with E-state index in [-0.39, 0.29) is 25.7 Å². The van der Waals surface area contributed by atoms with E-state index >= 15 is 0 Å². The van der Waals surface area contributed by atoms with Crippen LogP contribution in [0.2, 0.25) is 0 Å². The fraction of sp³-hybridized carbons (Fsp3) is 0.909. The lowest BCUT2D eigenvalue weighted by atomic mass is 10.1. The molecule has 0 aliphatic heterocycles. The van der Waals surface area contributed by atoms with Crippen molar-refractivity contribution in [3.05, 3.63) is 0 Å². The standard InChI is InChI=1S/C7H16NO6P.C4H10/c1-6(9)12-4-7(5-13-8)2-3-14-15(10)11;1-3-4-2/h7,15H,2-5,8H2,1H3,(H,10,11);3-4H2,1-2H3. The summed E-state index contributed by atoms with van der Waals surface area (Å²) in [7, 11) is -2.91. The van der Waals surface area contributed by atoms with Gasteiger partial charge in [-0.2, -0.15) is 0 Å². The molecule has 2 unspecified atom stereocenters. The van der Waals surface area contributed by atoms with Crippen molar-refractivity contribution in [2.45, 2.75) is 40.0 Å². The third kappa shape index (κ3) is 20.0. The summed E-state index contributed by atoms with van der Waals surface area (Å²) < 4.78 is 19.5. The third-order valence-electron chi connectivity index (χ3n) is 2.11. The second kappa shape index (κ2) is 15.6. The quantitative estimate of drug-likeness (QED) is 0.378. The van der Waals surface area contributed by atoms with E-state index in [9.17, 15) is 9.36 Å². The summed E-state index contributed by atoms with van der Waals surface area (Å²) >= 11 is 0. The minimum Gasteiger partial charge on any atom is -0.465 e. The van der Waals surface area contributed by atoms with Crippen LogP contribution < -0.4 is 5.90 Å². The smallest absolute Gasteiger partial charge is 0.316 e. The Morgan fingerprint density at radius 1 is 1.32 bits per heavy atom. The lowest BCUT2D eigenvalue weighted by Gasteiger charge is -2.14. The number of hydrogen-bond donors (Lipinski definition) is 2. The van der Waals surface area contributed by atoms with Crippen LogP contribution in [-0.4, -0.2) is 30.7 Å². The molecule has 0 fully saturated rings. The van der Waals surface area contributed by atoms with Crippen LogP contribution in [0.25, 0.3) is 0 Å². The highest BCUT2D eigenvalue weighted by Crippen LogP contribution is 2.16. The van der Waals surface area contributed by atoms with Gasteiger partial charge >= 0.3 is 14.2 Å². The minimum atomic E-state index is -2.91. The number of carbonyl (C=O) groups is 1. The van der Waals surface area contributed by atoms with Crippen LogP contribution >= 0.6 is 8.25 Å². The van der Waals surface area contributed by atoms with Crippen LogP contribution in [-0.2, 0) is 23.5 Å². The van der Waals surface area contributed by atoms with Crippen molar-refractivity contribution >= 4 is 14.2 Å². The van der Waals surface area contributed by atoms with E-state index < -0.39 is 14.2 Å². The van der Waals surface area contributed by atoms with Crippen molar-refractivity contribution in [1.82, 2.24) is 0 Å². The first kappa shape index (κ1) is 20.8. The molecule has 0 aromatic heterocycles. The van der Waals surface area contributed by atoms with Crippen molar-refractivity contribution in [1.29, 1.82) is 0 Å². The van der Waals surface area contributed by atoms with Gasteiger partial charge < -0.3 is 19.0 Å². The molecular formula is C11H26NO6P. The number of rotatable bonds is 9. The Morgan fingerprint density at radius 3 is 2.26 bits per heavy atom. The van der Waals surface area contributed by atoms with Crippen LogP contribution in [0.3, 0.4) is 0 Å². The van der Waals surface area contributed by atoms with E-state index in [1.54, 1.807) is 0 Å².